The van der Waals surface area contributed by atoms with Gasteiger partial charge < -0.3 is 21.5 Å². The summed E-state index contributed by atoms with van der Waals surface area (Å²) in [6.45, 7) is 1.71. The van der Waals surface area contributed by atoms with Crippen molar-refractivity contribution in [3.8, 4) is 0 Å². The fraction of sp³-hybridized carbons (Fsp3) is 0.875. The van der Waals surface area contributed by atoms with Gasteiger partial charge in [0.1, 0.15) is 0 Å². The molecule has 0 radical (unpaired) electrons. The summed E-state index contributed by atoms with van der Waals surface area (Å²) in [5.41, 5.74) is 5.28. The summed E-state index contributed by atoms with van der Waals surface area (Å²) >= 11 is 0. The molecule has 1 heterocycles. The van der Waals surface area contributed by atoms with E-state index in [0.29, 0.717) is 26.1 Å². The summed E-state index contributed by atoms with van der Waals surface area (Å²) in [7, 11) is 0. The Hall–Kier alpha value is -0.650. The van der Waals surface area contributed by atoms with Gasteiger partial charge in [0.25, 0.3) is 0 Å². The Labute approximate surface area is 77.7 Å². The quantitative estimate of drug-likeness (QED) is 0.390. The first-order chi connectivity index (χ1) is 6.24. The van der Waals surface area contributed by atoms with Crippen LogP contribution < -0.4 is 16.4 Å². The minimum Gasteiger partial charge on any atom is -0.392 e. The van der Waals surface area contributed by atoms with Crippen molar-refractivity contribution in [1.29, 1.82) is 0 Å². The van der Waals surface area contributed by atoms with Gasteiger partial charge in [0.15, 0.2) is 0 Å². The lowest BCUT2D eigenvalue weighted by Gasteiger charge is -2.09. The molecule has 0 saturated carbocycles. The number of nitrogens with one attached hydrogen (secondary N) is 2. The second kappa shape index (κ2) is 5.16. The summed E-state index contributed by atoms with van der Waals surface area (Å²) < 4.78 is 0. The number of hydrogen-bond donors (Lipinski definition) is 4. The van der Waals surface area contributed by atoms with Gasteiger partial charge in [-0.25, -0.2) is 0 Å². The Kier molecular flexibility index (Phi) is 4.14. The van der Waals surface area contributed by atoms with Crippen molar-refractivity contribution < 1.29 is 9.90 Å². The molecule has 0 bridgehead atoms. The highest BCUT2D eigenvalue weighted by atomic mass is 16.3. The van der Waals surface area contributed by atoms with Crippen LogP contribution in [0.5, 0.6) is 0 Å². The van der Waals surface area contributed by atoms with Crippen molar-refractivity contribution in [3.05, 3.63) is 0 Å². The van der Waals surface area contributed by atoms with Crippen LogP contribution in [-0.4, -0.2) is 42.8 Å². The maximum absolute atomic E-state index is 11.3. The van der Waals surface area contributed by atoms with Crippen LogP contribution >= 0.6 is 0 Å². The van der Waals surface area contributed by atoms with Crippen molar-refractivity contribution in [2.75, 3.05) is 19.6 Å². The zero-order valence-electron chi connectivity index (χ0n) is 7.62. The average molecular weight is 187 g/mol. The zero-order valence-corrected chi connectivity index (χ0v) is 7.62. The molecule has 2 unspecified atom stereocenters. The molecule has 1 rings (SSSR count). The number of carbonyl (C=O) groups excluding carboxylic acids is 1. The van der Waals surface area contributed by atoms with Crippen LogP contribution in [0, 0.1) is 0 Å². The molecular formula is C8H17N3O2. The lowest BCUT2D eigenvalue weighted by Crippen LogP contribution is -2.41. The minimum atomic E-state index is -0.384. The molecule has 0 aromatic rings. The lowest BCUT2D eigenvalue weighted by molar-refractivity contribution is -0.122. The molecule has 0 aliphatic carbocycles. The Bertz CT molecular complexity index is 175. The van der Waals surface area contributed by atoms with E-state index in [1.165, 1.54) is 0 Å². The minimum absolute atomic E-state index is 0.0370. The van der Waals surface area contributed by atoms with Crippen molar-refractivity contribution in [3.63, 3.8) is 0 Å². The summed E-state index contributed by atoms with van der Waals surface area (Å²) in [6.07, 6.45) is 0.917. The smallest absolute Gasteiger partial charge is 0.237 e. The number of β-amino-alcohol motifs (C(OH)–C–C–N with tert-alkyl or cyclic N) is 1. The van der Waals surface area contributed by atoms with E-state index in [-0.39, 0.29) is 18.1 Å². The lowest BCUT2D eigenvalue weighted by atomic mass is 10.2. The Balaban J connectivity index is 2.16. The van der Waals surface area contributed by atoms with Crippen molar-refractivity contribution in [2.24, 2.45) is 5.73 Å². The van der Waals surface area contributed by atoms with E-state index in [4.69, 9.17) is 10.8 Å². The third-order valence-corrected chi connectivity index (χ3v) is 2.10. The molecule has 5 N–H and O–H groups in total. The van der Waals surface area contributed by atoms with Crippen LogP contribution in [0.2, 0.25) is 0 Å². The molecule has 1 aliphatic heterocycles. The monoisotopic (exact) mass is 187 g/mol. The van der Waals surface area contributed by atoms with Crippen molar-refractivity contribution >= 4 is 5.91 Å². The highest BCUT2D eigenvalue weighted by Gasteiger charge is 2.27. The van der Waals surface area contributed by atoms with Gasteiger partial charge >= 0.3 is 0 Å². The molecule has 1 saturated heterocycles. The van der Waals surface area contributed by atoms with Gasteiger partial charge in [-0.3, -0.25) is 4.79 Å². The van der Waals surface area contributed by atoms with Gasteiger partial charge in [0, 0.05) is 13.1 Å². The summed E-state index contributed by atoms with van der Waals surface area (Å²) in [5, 5.41) is 14.9. The van der Waals surface area contributed by atoms with Gasteiger partial charge in [-0.1, -0.05) is 0 Å². The van der Waals surface area contributed by atoms with E-state index >= 15 is 0 Å². The number of hydrogen-bond acceptors (Lipinski definition) is 4. The van der Waals surface area contributed by atoms with E-state index in [1.807, 2.05) is 0 Å². The van der Waals surface area contributed by atoms with E-state index in [2.05, 4.69) is 10.6 Å². The first kappa shape index (κ1) is 10.4. The van der Waals surface area contributed by atoms with Crippen LogP contribution in [0.25, 0.3) is 0 Å². The van der Waals surface area contributed by atoms with E-state index < -0.39 is 0 Å². The highest BCUT2D eigenvalue weighted by molar-refractivity contribution is 5.82. The van der Waals surface area contributed by atoms with Gasteiger partial charge in [-0.2, -0.15) is 0 Å². The van der Waals surface area contributed by atoms with Crippen LogP contribution in [0.3, 0.4) is 0 Å². The molecule has 1 aliphatic rings. The van der Waals surface area contributed by atoms with E-state index in [0.717, 1.165) is 6.42 Å². The second-order valence-corrected chi connectivity index (χ2v) is 3.28. The van der Waals surface area contributed by atoms with Gasteiger partial charge in [0.2, 0.25) is 5.91 Å². The molecule has 0 spiro atoms. The highest BCUT2D eigenvalue weighted by Crippen LogP contribution is 2.05. The SMILES string of the molecule is NCCCNC(=O)C1CC(O)CN1. The summed E-state index contributed by atoms with van der Waals surface area (Å²) in [5.74, 6) is -0.0370. The molecular weight excluding hydrogens is 170 g/mol. The van der Waals surface area contributed by atoms with Crippen molar-refractivity contribution in [1.82, 2.24) is 10.6 Å². The topological polar surface area (TPSA) is 87.4 Å². The maximum atomic E-state index is 11.3. The van der Waals surface area contributed by atoms with E-state index in [1.54, 1.807) is 0 Å². The maximum Gasteiger partial charge on any atom is 0.237 e. The van der Waals surface area contributed by atoms with Crippen LogP contribution in [0.15, 0.2) is 0 Å². The Morgan fingerprint density at radius 3 is 3.00 bits per heavy atom. The third-order valence-electron chi connectivity index (χ3n) is 2.10. The third kappa shape index (κ3) is 3.30. The molecule has 0 aromatic heterocycles. The van der Waals surface area contributed by atoms with Gasteiger partial charge in [-0.05, 0) is 19.4 Å². The predicted molar refractivity (Wildman–Crippen MR) is 49.1 cm³/mol. The first-order valence-corrected chi connectivity index (χ1v) is 4.63. The number of carbonyl (C=O) groups is 1. The molecule has 76 valence electrons. The zero-order chi connectivity index (χ0) is 9.68. The van der Waals surface area contributed by atoms with Gasteiger partial charge in [0.05, 0.1) is 12.1 Å². The fourth-order valence-corrected chi connectivity index (χ4v) is 1.35. The number of nitrogens with two attached hydrogens (primary N) is 1. The molecule has 2 atom stereocenters. The normalized spacial score (nSPS) is 27.5. The number of amides is 1. The van der Waals surface area contributed by atoms with Gasteiger partial charge in [-0.15, -0.1) is 0 Å². The number of rotatable bonds is 4. The predicted octanol–water partition coefficient (Wildman–Crippen LogP) is -1.83. The number of aliphatic hydroxyl groups excluding tert-OH is 1. The average Bonchev–Trinajstić information content (AvgIpc) is 2.52. The first-order valence-electron chi connectivity index (χ1n) is 4.63. The number of aliphatic hydroxyl groups is 1. The molecule has 13 heavy (non-hydrogen) atoms. The Morgan fingerprint density at radius 1 is 1.69 bits per heavy atom. The summed E-state index contributed by atoms with van der Waals surface area (Å²) in [6, 6.07) is -0.229. The largest absolute Gasteiger partial charge is 0.392 e. The van der Waals surface area contributed by atoms with Crippen LogP contribution in [0.4, 0.5) is 0 Å². The van der Waals surface area contributed by atoms with E-state index in [9.17, 15) is 4.79 Å². The Morgan fingerprint density at radius 2 is 2.46 bits per heavy atom. The summed E-state index contributed by atoms with van der Waals surface area (Å²) in [4.78, 5) is 11.3. The molecule has 0 aromatic carbocycles. The standard InChI is InChI=1S/C8H17N3O2/c9-2-1-3-10-8(13)7-4-6(12)5-11-7/h6-7,11-12H,1-5,9H2,(H,10,13). The van der Waals surface area contributed by atoms with Crippen LogP contribution in [0.1, 0.15) is 12.8 Å². The second-order valence-electron chi connectivity index (χ2n) is 3.28. The molecule has 5 nitrogen and oxygen atoms in total. The molecule has 1 fully saturated rings. The molecule has 1 amide bonds. The van der Waals surface area contributed by atoms with Crippen LogP contribution in [-0.2, 0) is 4.79 Å². The fourth-order valence-electron chi connectivity index (χ4n) is 1.35. The van der Waals surface area contributed by atoms with Crippen molar-refractivity contribution in [2.45, 2.75) is 25.0 Å². The molecule has 5 heteroatoms.